The van der Waals surface area contributed by atoms with Gasteiger partial charge in [0.25, 0.3) is 5.91 Å². The van der Waals surface area contributed by atoms with Crippen LogP contribution in [0.3, 0.4) is 0 Å². The second kappa shape index (κ2) is 5.69. The van der Waals surface area contributed by atoms with Gasteiger partial charge in [-0.2, -0.15) is 0 Å². The van der Waals surface area contributed by atoms with E-state index in [-0.39, 0.29) is 5.91 Å². The maximum absolute atomic E-state index is 12.0. The summed E-state index contributed by atoms with van der Waals surface area (Å²) in [6, 6.07) is -0.687. The molecule has 106 valence electrons. The third-order valence-corrected chi connectivity index (χ3v) is 3.29. The quantitative estimate of drug-likeness (QED) is 0.864. The molecule has 1 heterocycles. The fourth-order valence-electron chi connectivity index (χ4n) is 1.45. The second-order valence-electron chi connectivity index (χ2n) is 5.38. The number of ether oxygens (including phenoxy) is 1. The minimum Gasteiger partial charge on any atom is -0.458 e. The molecule has 1 aromatic heterocycles. The van der Waals surface area contributed by atoms with Crippen molar-refractivity contribution < 1.29 is 14.3 Å². The van der Waals surface area contributed by atoms with Gasteiger partial charge < -0.3 is 10.1 Å². The molecule has 19 heavy (non-hydrogen) atoms. The van der Waals surface area contributed by atoms with Crippen molar-refractivity contribution in [2.45, 2.75) is 53.2 Å². The van der Waals surface area contributed by atoms with Crippen molar-refractivity contribution >= 4 is 23.2 Å². The first-order valence-electron chi connectivity index (χ1n) is 6.08. The predicted octanol–water partition coefficient (Wildman–Crippen LogP) is 2.22. The zero-order valence-corrected chi connectivity index (χ0v) is 13.0. The van der Waals surface area contributed by atoms with Crippen LogP contribution in [0, 0.1) is 13.8 Å². The number of nitrogens with one attached hydrogen (secondary N) is 1. The number of aromatic nitrogens is 1. The molecule has 0 bridgehead atoms. The Morgan fingerprint density at radius 1 is 1.32 bits per heavy atom. The third kappa shape index (κ3) is 4.63. The van der Waals surface area contributed by atoms with E-state index in [9.17, 15) is 9.59 Å². The van der Waals surface area contributed by atoms with Gasteiger partial charge in [-0.15, -0.1) is 11.3 Å². The number of thiazole rings is 1. The molecule has 0 saturated heterocycles. The molecule has 1 aromatic rings. The first kappa shape index (κ1) is 15.6. The Bertz CT molecular complexity index is 489. The molecule has 0 fully saturated rings. The van der Waals surface area contributed by atoms with Crippen molar-refractivity contribution in [2.24, 2.45) is 0 Å². The lowest BCUT2D eigenvalue weighted by atomic mass is 10.2. The zero-order valence-electron chi connectivity index (χ0n) is 12.2. The van der Waals surface area contributed by atoms with Crippen LogP contribution in [0.25, 0.3) is 0 Å². The number of hydrogen-bond donors (Lipinski definition) is 1. The van der Waals surface area contributed by atoms with Crippen LogP contribution in [0.1, 0.15) is 48.1 Å². The van der Waals surface area contributed by atoms with E-state index in [1.165, 1.54) is 11.3 Å². The standard InChI is InChI=1S/C13H20N2O3S/c1-7-10(19-9(3)14-7)11(16)15-8(2)12(17)18-13(4,5)6/h8H,1-6H3,(H,15,16)/t8-/m0/s1. The average molecular weight is 284 g/mol. The minimum atomic E-state index is -0.687. The molecular weight excluding hydrogens is 264 g/mol. The van der Waals surface area contributed by atoms with Crippen LogP contribution in [0.5, 0.6) is 0 Å². The monoisotopic (exact) mass is 284 g/mol. The van der Waals surface area contributed by atoms with Crippen molar-refractivity contribution in [3.63, 3.8) is 0 Å². The molecule has 0 saturated carbocycles. The van der Waals surface area contributed by atoms with E-state index in [2.05, 4.69) is 10.3 Å². The van der Waals surface area contributed by atoms with Crippen molar-refractivity contribution in [3.8, 4) is 0 Å². The van der Waals surface area contributed by atoms with E-state index in [1.807, 2.05) is 6.92 Å². The Balaban J connectivity index is 2.67. The maximum atomic E-state index is 12.0. The molecule has 5 nitrogen and oxygen atoms in total. The highest BCUT2D eigenvalue weighted by molar-refractivity contribution is 7.13. The largest absolute Gasteiger partial charge is 0.458 e. The lowest BCUT2D eigenvalue weighted by Gasteiger charge is -2.22. The molecule has 1 N–H and O–H groups in total. The van der Waals surface area contributed by atoms with E-state index in [0.29, 0.717) is 10.6 Å². The lowest BCUT2D eigenvalue weighted by molar-refractivity contribution is -0.156. The summed E-state index contributed by atoms with van der Waals surface area (Å²) < 4.78 is 5.21. The number of rotatable bonds is 3. The molecule has 0 aliphatic heterocycles. The van der Waals surface area contributed by atoms with E-state index in [1.54, 1.807) is 34.6 Å². The predicted molar refractivity (Wildman–Crippen MR) is 74.4 cm³/mol. The van der Waals surface area contributed by atoms with E-state index >= 15 is 0 Å². The molecule has 0 radical (unpaired) electrons. The van der Waals surface area contributed by atoms with E-state index in [4.69, 9.17) is 4.74 Å². The number of amides is 1. The summed E-state index contributed by atoms with van der Waals surface area (Å²) >= 11 is 1.31. The molecule has 0 aromatic carbocycles. The van der Waals surface area contributed by atoms with Crippen LogP contribution in [0.4, 0.5) is 0 Å². The molecule has 0 aliphatic rings. The molecule has 0 unspecified atom stereocenters. The summed E-state index contributed by atoms with van der Waals surface area (Å²) in [4.78, 5) is 28.5. The van der Waals surface area contributed by atoms with Gasteiger partial charge in [0.05, 0.1) is 10.7 Å². The molecule has 1 atom stereocenters. The first-order valence-corrected chi connectivity index (χ1v) is 6.89. The summed E-state index contributed by atoms with van der Waals surface area (Å²) in [6.45, 7) is 10.6. The number of hydrogen-bond acceptors (Lipinski definition) is 5. The fourth-order valence-corrected chi connectivity index (χ4v) is 2.28. The summed E-state index contributed by atoms with van der Waals surface area (Å²) in [5.41, 5.74) is 0.115. The minimum absolute atomic E-state index is 0.290. The van der Waals surface area contributed by atoms with Crippen LogP contribution < -0.4 is 5.32 Å². The number of aryl methyl sites for hydroxylation is 2. The molecule has 0 aliphatic carbocycles. The molecule has 6 heteroatoms. The zero-order chi connectivity index (χ0) is 14.8. The number of carbonyl (C=O) groups is 2. The molecule has 1 amide bonds. The number of nitrogens with zero attached hydrogens (tertiary/aromatic N) is 1. The van der Waals surface area contributed by atoms with Gasteiger partial charge in [0, 0.05) is 0 Å². The Labute approximate surface area is 117 Å². The van der Waals surface area contributed by atoms with Gasteiger partial charge in [-0.25, -0.2) is 9.78 Å². The summed E-state index contributed by atoms with van der Waals surface area (Å²) in [6.07, 6.45) is 0. The van der Waals surface area contributed by atoms with Gasteiger partial charge in [-0.1, -0.05) is 0 Å². The average Bonchev–Trinajstić information content (AvgIpc) is 2.55. The van der Waals surface area contributed by atoms with Gasteiger partial charge in [-0.05, 0) is 41.5 Å². The third-order valence-electron chi connectivity index (χ3n) is 2.22. The van der Waals surface area contributed by atoms with Crippen LogP contribution >= 0.6 is 11.3 Å². The highest BCUT2D eigenvalue weighted by Crippen LogP contribution is 2.17. The van der Waals surface area contributed by atoms with Crippen molar-refractivity contribution in [2.75, 3.05) is 0 Å². The Morgan fingerprint density at radius 3 is 2.32 bits per heavy atom. The Kier molecular flexibility index (Phi) is 4.68. The second-order valence-corrected chi connectivity index (χ2v) is 6.58. The number of carbonyl (C=O) groups excluding carboxylic acids is 2. The van der Waals surface area contributed by atoms with Crippen molar-refractivity contribution in [1.29, 1.82) is 0 Å². The van der Waals surface area contributed by atoms with Crippen LogP contribution in [0.15, 0.2) is 0 Å². The van der Waals surface area contributed by atoms with Crippen LogP contribution in [-0.4, -0.2) is 28.5 Å². The summed E-state index contributed by atoms with van der Waals surface area (Å²) in [5, 5.41) is 3.46. The van der Waals surface area contributed by atoms with Gasteiger partial charge in [0.15, 0.2) is 0 Å². The normalized spacial score (nSPS) is 12.9. The Hall–Kier alpha value is -1.43. The lowest BCUT2D eigenvalue weighted by Crippen LogP contribution is -2.42. The highest BCUT2D eigenvalue weighted by atomic mass is 32.1. The molecular formula is C13H20N2O3S. The molecule has 1 rings (SSSR count). The van der Waals surface area contributed by atoms with Gasteiger partial charge in [-0.3, -0.25) is 4.79 Å². The SMILES string of the molecule is Cc1nc(C)c(C(=O)N[C@@H](C)C(=O)OC(C)(C)C)s1. The fraction of sp³-hybridized carbons (Fsp3) is 0.615. The van der Waals surface area contributed by atoms with E-state index < -0.39 is 17.6 Å². The number of esters is 1. The summed E-state index contributed by atoms with van der Waals surface area (Å²) in [7, 11) is 0. The highest BCUT2D eigenvalue weighted by Gasteiger charge is 2.24. The topological polar surface area (TPSA) is 68.3 Å². The van der Waals surface area contributed by atoms with Crippen molar-refractivity contribution in [1.82, 2.24) is 10.3 Å². The van der Waals surface area contributed by atoms with Gasteiger partial charge >= 0.3 is 5.97 Å². The smallest absolute Gasteiger partial charge is 0.328 e. The maximum Gasteiger partial charge on any atom is 0.328 e. The van der Waals surface area contributed by atoms with Crippen LogP contribution in [-0.2, 0) is 9.53 Å². The van der Waals surface area contributed by atoms with Gasteiger partial charge in [0.1, 0.15) is 16.5 Å². The first-order chi connectivity index (χ1) is 8.60. The van der Waals surface area contributed by atoms with Crippen molar-refractivity contribution in [3.05, 3.63) is 15.6 Å². The Morgan fingerprint density at radius 2 is 1.89 bits per heavy atom. The summed E-state index contributed by atoms with van der Waals surface area (Å²) in [5.74, 6) is -0.735. The van der Waals surface area contributed by atoms with Gasteiger partial charge in [0.2, 0.25) is 0 Å². The molecule has 0 spiro atoms. The van der Waals surface area contributed by atoms with E-state index in [0.717, 1.165) is 5.01 Å². The van der Waals surface area contributed by atoms with Crippen LogP contribution in [0.2, 0.25) is 0 Å².